The molecule has 0 saturated heterocycles. The second kappa shape index (κ2) is 4.57. The van der Waals surface area contributed by atoms with E-state index in [4.69, 9.17) is 5.73 Å². The Balaban J connectivity index is 2.04. The van der Waals surface area contributed by atoms with Crippen LogP contribution in [0.25, 0.3) is 0 Å². The summed E-state index contributed by atoms with van der Waals surface area (Å²) in [5.74, 6) is 0.663. The number of aldehydes is 1. The zero-order chi connectivity index (χ0) is 10.7. The van der Waals surface area contributed by atoms with E-state index in [-0.39, 0.29) is 0 Å². The summed E-state index contributed by atoms with van der Waals surface area (Å²) in [5, 5.41) is 4.22. The maximum atomic E-state index is 10.8. The second-order valence-electron chi connectivity index (χ2n) is 4.23. The van der Waals surface area contributed by atoms with Crippen LogP contribution in [-0.2, 0) is 0 Å². The molecule has 0 aromatic carbocycles. The molecule has 0 aliphatic heterocycles. The van der Waals surface area contributed by atoms with Crippen LogP contribution in [0.15, 0.2) is 12.3 Å². The van der Waals surface area contributed by atoms with Gasteiger partial charge in [-0.3, -0.25) is 9.48 Å². The minimum absolute atomic E-state index is 0.392. The summed E-state index contributed by atoms with van der Waals surface area (Å²) in [5.41, 5.74) is 6.33. The van der Waals surface area contributed by atoms with Gasteiger partial charge in [-0.25, -0.2) is 0 Å². The normalized spacial score (nSPS) is 26.5. The van der Waals surface area contributed by atoms with Crippen molar-refractivity contribution >= 4 is 6.29 Å². The van der Waals surface area contributed by atoms with E-state index in [0.29, 0.717) is 17.7 Å². The van der Waals surface area contributed by atoms with Crippen molar-refractivity contribution in [1.29, 1.82) is 0 Å². The van der Waals surface area contributed by atoms with Gasteiger partial charge in [0.05, 0.1) is 6.04 Å². The highest BCUT2D eigenvalue weighted by Gasteiger charge is 2.22. The van der Waals surface area contributed by atoms with Crippen LogP contribution >= 0.6 is 0 Å². The molecule has 1 aliphatic rings. The Morgan fingerprint density at radius 1 is 1.47 bits per heavy atom. The average molecular weight is 207 g/mol. The van der Waals surface area contributed by atoms with Gasteiger partial charge in [0.15, 0.2) is 6.29 Å². The first-order chi connectivity index (χ1) is 7.35. The monoisotopic (exact) mass is 207 g/mol. The van der Waals surface area contributed by atoms with Crippen LogP contribution in [-0.4, -0.2) is 22.6 Å². The standard InChI is InChI=1S/C11H17N3O/c12-7-9-1-3-10(4-2-9)14-11(8-15)5-6-13-14/h5-6,8-10H,1-4,7,12H2. The first kappa shape index (κ1) is 10.4. The Hall–Kier alpha value is -1.16. The lowest BCUT2D eigenvalue weighted by Gasteiger charge is -2.28. The van der Waals surface area contributed by atoms with Crippen LogP contribution in [0.1, 0.15) is 42.2 Å². The van der Waals surface area contributed by atoms with Crippen LogP contribution in [0.2, 0.25) is 0 Å². The third kappa shape index (κ3) is 2.09. The van der Waals surface area contributed by atoms with Gasteiger partial charge in [-0.05, 0) is 44.2 Å². The molecule has 15 heavy (non-hydrogen) atoms. The van der Waals surface area contributed by atoms with E-state index in [1.165, 1.54) is 0 Å². The Morgan fingerprint density at radius 2 is 2.20 bits per heavy atom. The smallest absolute Gasteiger partial charge is 0.168 e. The molecule has 4 heteroatoms. The molecule has 4 nitrogen and oxygen atoms in total. The molecule has 82 valence electrons. The molecular formula is C11H17N3O. The van der Waals surface area contributed by atoms with E-state index >= 15 is 0 Å². The number of carbonyl (C=O) groups is 1. The Kier molecular flexibility index (Phi) is 3.16. The van der Waals surface area contributed by atoms with Gasteiger partial charge in [0, 0.05) is 6.20 Å². The van der Waals surface area contributed by atoms with E-state index in [2.05, 4.69) is 5.10 Å². The highest BCUT2D eigenvalue weighted by atomic mass is 16.1. The largest absolute Gasteiger partial charge is 0.330 e. The van der Waals surface area contributed by atoms with Crippen molar-refractivity contribution in [1.82, 2.24) is 9.78 Å². The van der Waals surface area contributed by atoms with Crippen molar-refractivity contribution in [3.63, 3.8) is 0 Å². The molecule has 2 N–H and O–H groups in total. The van der Waals surface area contributed by atoms with Gasteiger partial charge in [0.25, 0.3) is 0 Å². The molecule has 0 amide bonds. The van der Waals surface area contributed by atoms with E-state index < -0.39 is 0 Å². The lowest BCUT2D eigenvalue weighted by atomic mass is 9.86. The molecule has 0 unspecified atom stereocenters. The molecule has 0 atom stereocenters. The summed E-state index contributed by atoms with van der Waals surface area (Å²) >= 11 is 0. The zero-order valence-corrected chi connectivity index (χ0v) is 8.80. The summed E-state index contributed by atoms with van der Waals surface area (Å²) in [4.78, 5) is 10.8. The lowest BCUT2D eigenvalue weighted by Crippen LogP contribution is -2.24. The molecule has 0 radical (unpaired) electrons. The molecule has 0 spiro atoms. The summed E-state index contributed by atoms with van der Waals surface area (Å²) < 4.78 is 1.86. The number of hydrogen-bond donors (Lipinski definition) is 1. The van der Waals surface area contributed by atoms with Gasteiger partial charge in [-0.2, -0.15) is 5.10 Å². The Morgan fingerprint density at radius 3 is 2.80 bits per heavy atom. The van der Waals surface area contributed by atoms with Crippen LogP contribution in [0.3, 0.4) is 0 Å². The number of rotatable bonds is 3. The summed E-state index contributed by atoms with van der Waals surface area (Å²) in [6, 6.07) is 2.16. The van der Waals surface area contributed by atoms with Gasteiger partial charge in [0.2, 0.25) is 0 Å². The van der Waals surface area contributed by atoms with E-state index in [9.17, 15) is 4.79 Å². The van der Waals surface area contributed by atoms with Crippen LogP contribution in [0.4, 0.5) is 0 Å². The molecule has 2 rings (SSSR count). The fourth-order valence-corrected chi connectivity index (χ4v) is 2.35. The first-order valence-corrected chi connectivity index (χ1v) is 5.54. The summed E-state index contributed by atoms with van der Waals surface area (Å²) in [6.07, 6.45) is 7.05. The second-order valence-corrected chi connectivity index (χ2v) is 4.23. The molecule has 1 aliphatic carbocycles. The summed E-state index contributed by atoms with van der Waals surface area (Å²) in [7, 11) is 0. The predicted octanol–water partition coefficient (Wildman–Crippen LogP) is 1.39. The van der Waals surface area contributed by atoms with Crippen molar-refractivity contribution in [2.24, 2.45) is 11.7 Å². The average Bonchev–Trinajstić information content (AvgIpc) is 2.77. The van der Waals surface area contributed by atoms with Crippen LogP contribution in [0.5, 0.6) is 0 Å². The Bertz CT molecular complexity index is 326. The Labute approximate surface area is 89.5 Å². The maximum absolute atomic E-state index is 10.8. The SMILES string of the molecule is NCC1CCC(n2nccc2C=O)CC1. The molecule has 1 heterocycles. The van der Waals surface area contributed by atoms with E-state index in [1.807, 2.05) is 4.68 Å². The van der Waals surface area contributed by atoms with Crippen molar-refractivity contribution in [3.8, 4) is 0 Å². The number of hydrogen-bond acceptors (Lipinski definition) is 3. The van der Waals surface area contributed by atoms with Crippen molar-refractivity contribution in [2.75, 3.05) is 6.54 Å². The van der Waals surface area contributed by atoms with Crippen LogP contribution < -0.4 is 5.73 Å². The molecule has 1 aromatic heterocycles. The van der Waals surface area contributed by atoms with Gasteiger partial charge in [-0.1, -0.05) is 0 Å². The van der Waals surface area contributed by atoms with Crippen molar-refractivity contribution < 1.29 is 4.79 Å². The summed E-state index contributed by atoms with van der Waals surface area (Å²) in [6.45, 7) is 0.784. The minimum Gasteiger partial charge on any atom is -0.330 e. The lowest BCUT2D eigenvalue weighted by molar-refractivity contribution is 0.110. The van der Waals surface area contributed by atoms with E-state index in [1.54, 1.807) is 12.3 Å². The van der Waals surface area contributed by atoms with Gasteiger partial charge >= 0.3 is 0 Å². The van der Waals surface area contributed by atoms with Crippen molar-refractivity contribution in [2.45, 2.75) is 31.7 Å². The van der Waals surface area contributed by atoms with Crippen LogP contribution in [0, 0.1) is 5.92 Å². The first-order valence-electron chi connectivity index (χ1n) is 5.54. The number of aromatic nitrogens is 2. The molecule has 1 fully saturated rings. The highest BCUT2D eigenvalue weighted by molar-refractivity contribution is 5.71. The van der Waals surface area contributed by atoms with Gasteiger partial charge in [0.1, 0.15) is 5.69 Å². The maximum Gasteiger partial charge on any atom is 0.168 e. The van der Waals surface area contributed by atoms with Gasteiger partial charge in [-0.15, -0.1) is 0 Å². The minimum atomic E-state index is 0.392. The van der Waals surface area contributed by atoms with Gasteiger partial charge < -0.3 is 5.73 Å². The molecule has 1 saturated carbocycles. The van der Waals surface area contributed by atoms with E-state index in [0.717, 1.165) is 38.5 Å². The topological polar surface area (TPSA) is 60.9 Å². The molecule has 1 aromatic rings. The fourth-order valence-electron chi connectivity index (χ4n) is 2.35. The third-order valence-electron chi connectivity index (χ3n) is 3.32. The number of nitrogens with zero attached hydrogens (tertiary/aromatic N) is 2. The predicted molar refractivity (Wildman–Crippen MR) is 57.7 cm³/mol. The molecular weight excluding hydrogens is 190 g/mol. The molecule has 0 bridgehead atoms. The zero-order valence-electron chi connectivity index (χ0n) is 8.80. The third-order valence-corrected chi connectivity index (χ3v) is 3.32. The highest BCUT2D eigenvalue weighted by Crippen LogP contribution is 2.31. The number of carbonyl (C=O) groups excluding carboxylic acids is 1. The van der Waals surface area contributed by atoms with Crippen molar-refractivity contribution in [3.05, 3.63) is 18.0 Å². The quantitative estimate of drug-likeness (QED) is 0.762. The number of nitrogens with two attached hydrogens (primary N) is 1. The fraction of sp³-hybridized carbons (Fsp3) is 0.636.